The normalized spacial score (nSPS) is 22.1. The summed E-state index contributed by atoms with van der Waals surface area (Å²) in [6.07, 6.45) is 0. The standard InChI is InChI=1S/C15H23IN2/c1-15(2,3)14-10-17-8-9-18(14)11-12-4-6-13(16)7-5-12/h4-7,14,17H,8-11H2,1-3H3. The molecule has 0 spiro atoms. The molecule has 1 aliphatic rings. The second-order valence-corrected chi connectivity index (χ2v) is 7.43. The van der Waals surface area contributed by atoms with Gasteiger partial charge in [0.2, 0.25) is 0 Å². The fraction of sp³-hybridized carbons (Fsp3) is 0.600. The van der Waals surface area contributed by atoms with Gasteiger partial charge >= 0.3 is 0 Å². The van der Waals surface area contributed by atoms with E-state index < -0.39 is 0 Å². The van der Waals surface area contributed by atoms with E-state index in [4.69, 9.17) is 0 Å². The number of nitrogens with one attached hydrogen (secondary N) is 1. The van der Waals surface area contributed by atoms with Gasteiger partial charge < -0.3 is 5.32 Å². The van der Waals surface area contributed by atoms with Crippen LogP contribution in [0.25, 0.3) is 0 Å². The zero-order chi connectivity index (χ0) is 13.2. The van der Waals surface area contributed by atoms with Gasteiger partial charge in [-0.3, -0.25) is 4.90 Å². The van der Waals surface area contributed by atoms with E-state index in [-0.39, 0.29) is 0 Å². The molecule has 1 aromatic rings. The van der Waals surface area contributed by atoms with Gasteiger partial charge in [0.1, 0.15) is 0 Å². The van der Waals surface area contributed by atoms with Crippen LogP contribution >= 0.6 is 22.6 Å². The van der Waals surface area contributed by atoms with Crippen molar-refractivity contribution in [3.63, 3.8) is 0 Å². The predicted octanol–water partition coefficient (Wildman–Crippen LogP) is 3.11. The van der Waals surface area contributed by atoms with E-state index in [1.807, 2.05) is 0 Å². The Labute approximate surface area is 124 Å². The molecule has 1 aromatic carbocycles. The Hall–Kier alpha value is -0.130. The predicted molar refractivity (Wildman–Crippen MR) is 85.7 cm³/mol. The molecule has 0 radical (unpaired) electrons. The highest BCUT2D eigenvalue weighted by atomic mass is 127. The Kier molecular flexibility index (Phi) is 4.67. The number of benzene rings is 1. The van der Waals surface area contributed by atoms with Gasteiger partial charge in [0, 0.05) is 35.8 Å². The smallest absolute Gasteiger partial charge is 0.0273 e. The molecule has 0 saturated carbocycles. The first-order chi connectivity index (χ1) is 8.47. The molecule has 1 N–H and O–H groups in total. The van der Waals surface area contributed by atoms with Crippen LogP contribution in [0.2, 0.25) is 0 Å². The summed E-state index contributed by atoms with van der Waals surface area (Å²) in [5.74, 6) is 0. The van der Waals surface area contributed by atoms with Gasteiger partial charge in [-0.2, -0.15) is 0 Å². The Morgan fingerprint density at radius 2 is 1.94 bits per heavy atom. The summed E-state index contributed by atoms with van der Waals surface area (Å²) in [5.41, 5.74) is 1.75. The summed E-state index contributed by atoms with van der Waals surface area (Å²) in [4.78, 5) is 2.62. The molecule has 1 atom stereocenters. The van der Waals surface area contributed by atoms with Crippen molar-refractivity contribution in [2.45, 2.75) is 33.4 Å². The van der Waals surface area contributed by atoms with E-state index in [1.54, 1.807) is 0 Å². The molecule has 2 nitrogen and oxygen atoms in total. The van der Waals surface area contributed by atoms with E-state index in [0.29, 0.717) is 11.5 Å². The zero-order valence-corrected chi connectivity index (χ0v) is 13.7. The Morgan fingerprint density at radius 3 is 2.56 bits per heavy atom. The maximum Gasteiger partial charge on any atom is 0.0273 e. The molecule has 100 valence electrons. The van der Waals surface area contributed by atoms with E-state index >= 15 is 0 Å². The first-order valence-electron chi connectivity index (χ1n) is 6.66. The number of nitrogens with zero attached hydrogens (tertiary/aromatic N) is 1. The average molecular weight is 358 g/mol. The fourth-order valence-electron chi connectivity index (χ4n) is 2.61. The maximum atomic E-state index is 3.52. The molecule has 18 heavy (non-hydrogen) atoms. The zero-order valence-electron chi connectivity index (χ0n) is 11.5. The maximum absolute atomic E-state index is 3.52. The van der Waals surface area contributed by atoms with Crippen molar-refractivity contribution < 1.29 is 0 Å². The van der Waals surface area contributed by atoms with Crippen molar-refractivity contribution in [2.24, 2.45) is 5.41 Å². The first kappa shape index (κ1) is 14.3. The summed E-state index contributed by atoms with van der Waals surface area (Å²) in [6, 6.07) is 9.52. The summed E-state index contributed by atoms with van der Waals surface area (Å²) >= 11 is 2.36. The van der Waals surface area contributed by atoms with Crippen LogP contribution in [-0.4, -0.2) is 30.6 Å². The molecule has 0 amide bonds. The molecule has 1 unspecified atom stereocenters. The minimum atomic E-state index is 0.330. The number of hydrogen-bond donors (Lipinski definition) is 1. The number of halogens is 1. The third-order valence-electron chi connectivity index (χ3n) is 3.65. The van der Waals surface area contributed by atoms with Gasteiger partial charge in [-0.1, -0.05) is 32.9 Å². The van der Waals surface area contributed by atoms with Gasteiger partial charge in [-0.25, -0.2) is 0 Å². The van der Waals surface area contributed by atoms with Crippen LogP contribution in [0, 0.1) is 8.99 Å². The van der Waals surface area contributed by atoms with Gasteiger partial charge in [0.05, 0.1) is 0 Å². The number of rotatable bonds is 2. The number of hydrogen-bond acceptors (Lipinski definition) is 2. The van der Waals surface area contributed by atoms with Crippen LogP contribution in [0.1, 0.15) is 26.3 Å². The molecular formula is C15H23IN2. The Balaban J connectivity index is 2.08. The van der Waals surface area contributed by atoms with Gasteiger partial charge in [-0.15, -0.1) is 0 Å². The third kappa shape index (κ3) is 3.68. The molecule has 1 fully saturated rings. The van der Waals surface area contributed by atoms with E-state index in [0.717, 1.165) is 26.2 Å². The van der Waals surface area contributed by atoms with Crippen molar-refractivity contribution in [1.82, 2.24) is 10.2 Å². The quantitative estimate of drug-likeness (QED) is 0.818. The minimum absolute atomic E-state index is 0.330. The van der Waals surface area contributed by atoms with Gasteiger partial charge in [-0.05, 0) is 45.7 Å². The van der Waals surface area contributed by atoms with Crippen LogP contribution in [0.5, 0.6) is 0 Å². The SMILES string of the molecule is CC(C)(C)C1CNCCN1Cc1ccc(I)cc1. The van der Waals surface area contributed by atoms with E-state index in [2.05, 4.69) is 77.8 Å². The Bertz CT molecular complexity index is 380. The highest BCUT2D eigenvalue weighted by Crippen LogP contribution is 2.26. The summed E-state index contributed by atoms with van der Waals surface area (Å²) in [5, 5.41) is 3.52. The van der Waals surface area contributed by atoms with Crippen molar-refractivity contribution in [3.05, 3.63) is 33.4 Å². The minimum Gasteiger partial charge on any atom is -0.314 e. The molecule has 0 aliphatic carbocycles. The van der Waals surface area contributed by atoms with E-state index in [1.165, 1.54) is 9.13 Å². The summed E-state index contributed by atoms with van der Waals surface area (Å²) in [6.45, 7) is 11.4. The van der Waals surface area contributed by atoms with Crippen LogP contribution < -0.4 is 5.32 Å². The largest absolute Gasteiger partial charge is 0.314 e. The highest BCUT2D eigenvalue weighted by Gasteiger charge is 2.32. The summed E-state index contributed by atoms with van der Waals surface area (Å²) in [7, 11) is 0. The lowest BCUT2D eigenvalue weighted by Gasteiger charge is -2.43. The third-order valence-corrected chi connectivity index (χ3v) is 4.37. The topological polar surface area (TPSA) is 15.3 Å². The lowest BCUT2D eigenvalue weighted by molar-refractivity contribution is 0.0689. The molecule has 2 rings (SSSR count). The van der Waals surface area contributed by atoms with Crippen molar-refractivity contribution >= 4 is 22.6 Å². The van der Waals surface area contributed by atoms with Crippen LogP contribution in [0.4, 0.5) is 0 Å². The van der Waals surface area contributed by atoms with Crippen LogP contribution in [0.3, 0.4) is 0 Å². The summed E-state index contributed by atoms with van der Waals surface area (Å²) < 4.78 is 1.31. The monoisotopic (exact) mass is 358 g/mol. The molecule has 1 saturated heterocycles. The van der Waals surface area contributed by atoms with Crippen LogP contribution in [-0.2, 0) is 6.54 Å². The van der Waals surface area contributed by atoms with Gasteiger partial charge in [0.15, 0.2) is 0 Å². The van der Waals surface area contributed by atoms with Crippen molar-refractivity contribution in [1.29, 1.82) is 0 Å². The van der Waals surface area contributed by atoms with Crippen molar-refractivity contribution in [3.8, 4) is 0 Å². The second-order valence-electron chi connectivity index (χ2n) is 6.18. The molecule has 1 aliphatic heterocycles. The molecule has 0 aromatic heterocycles. The average Bonchev–Trinajstić information content (AvgIpc) is 2.31. The van der Waals surface area contributed by atoms with Crippen LogP contribution in [0.15, 0.2) is 24.3 Å². The lowest BCUT2D eigenvalue weighted by Crippen LogP contribution is -2.56. The highest BCUT2D eigenvalue weighted by molar-refractivity contribution is 14.1. The molecule has 1 heterocycles. The second kappa shape index (κ2) is 5.88. The molecular weight excluding hydrogens is 335 g/mol. The Morgan fingerprint density at radius 1 is 1.28 bits per heavy atom. The van der Waals surface area contributed by atoms with Gasteiger partial charge in [0.25, 0.3) is 0 Å². The molecule has 3 heteroatoms. The first-order valence-corrected chi connectivity index (χ1v) is 7.74. The fourth-order valence-corrected chi connectivity index (χ4v) is 2.97. The van der Waals surface area contributed by atoms with Crippen molar-refractivity contribution in [2.75, 3.05) is 19.6 Å². The molecule has 0 bridgehead atoms. The lowest BCUT2D eigenvalue weighted by atomic mass is 9.84. The number of piperazine rings is 1. The van der Waals surface area contributed by atoms with E-state index in [9.17, 15) is 0 Å².